The Bertz CT molecular complexity index is 333. The molecule has 6 nitrogen and oxygen atoms in total. The van der Waals surface area contributed by atoms with Crippen molar-refractivity contribution in [3.8, 4) is 0 Å². The Hall–Kier alpha value is -1.30. The van der Waals surface area contributed by atoms with Gasteiger partial charge in [0.25, 0.3) is 0 Å². The zero-order chi connectivity index (χ0) is 14.6. The van der Waals surface area contributed by atoms with Crippen LogP contribution in [-0.2, 0) is 4.79 Å². The van der Waals surface area contributed by atoms with Gasteiger partial charge in [-0.1, -0.05) is 13.8 Å². The van der Waals surface area contributed by atoms with Crippen molar-refractivity contribution >= 4 is 12.0 Å². The summed E-state index contributed by atoms with van der Waals surface area (Å²) in [4.78, 5) is 24.2. The van der Waals surface area contributed by atoms with Crippen molar-refractivity contribution in [3.05, 3.63) is 0 Å². The Labute approximate surface area is 113 Å². The van der Waals surface area contributed by atoms with Crippen LogP contribution in [-0.4, -0.2) is 51.8 Å². The molecule has 6 heteroatoms. The number of likely N-dealkylation sites (tertiary alicyclic amines) is 1. The largest absolute Gasteiger partial charge is 0.480 e. The summed E-state index contributed by atoms with van der Waals surface area (Å²) in [6.07, 6.45) is 1.21. The lowest BCUT2D eigenvalue weighted by molar-refractivity contribution is -0.141. The van der Waals surface area contributed by atoms with Gasteiger partial charge in [-0.3, -0.25) is 0 Å². The zero-order valence-electron chi connectivity index (χ0n) is 11.8. The van der Waals surface area contributed by atoms with Crippen molar-refractivity contribution in [2.24, 2.45) is 5.92 Å². The van der Waals surface area contributed by atoms with E-state index in [-0.39, 0.29) is 19.0 Å². The Morgan fingerprint density at radius 1 is 1.32 bits per heavy atom. The summed E-state index contributed by atoms with van der Waals surface area (Å²) in [5.74, 6) is -0.499. The summed E-state index contributed by atoms with van der Waals surface area (Å²) in [5, 5.41) is 21.3. The van der Waals surface area contributed by atoms with Crippen LogP contribution in [0.1, 0.15) is 40.0 Å². The second-order valence-corrected chi connectivity index (χ2v) is 5.72. The predicted molar refractivity (Wildman–Crippen MR) is 70.8 cm³/mol. The SMILES string of the molecule is CC(C)CCC(C)NC(=O)N1C[C@H](O)C[C@@H]1C(=O)O. The molecule has 0 saturated carbocycles. The van der Waals surface area contributed by atoms with Gasteiger partial charge in [0, 0.05) is 19.0 Å². The van der Waals surface area contributed by atoms with Crippen molar-refractivity contribution in [3.63, 3.8) is 0 Å². The topological polar surface area (TPSA) is 89.9 Å². The van der Waals surface area contributed by atoms with E-state index in [1.807, 2.05) is 6.92 Å². The summed E-state index contributed by atoms with van der Waals surface area (Å²) < 4.78 is 0. The first-order valence-electron chi connectivity index (χ1n) is 6.79. The van der Waals surface area contributed by atoms with Gasteiger partial charge in [-0.05, 0) is 25.7 Å². The highest BCUT2D eigenvalue weighted by Crippen LogP contribution is 2.18. The Balaban J connectivity index is 2.50. The number of nitrogens with zero attached hydrogens (tertiary/aromatic N) is 1. The summed E-state index contributed by atoms with van der Waals surface area (Å²) in [6.45, 7) is 6.22. The van der Waals surface area contributed by atoms with Gasteiger partial charge in [0.15, 0.2) is 0 Å². The number of amides is 2. The zero-order valence-corrected chi connectivity index (χ0v) is 11.8. The first-order valence-corrected chi connectivity index (χ1v) is 6.79. The van der Waals surface area contributed by atoms with E-state index in [1.54, 1.807) is 0 Å². The van der Waals surface area contributed by atoms with Crippen LogP contribution in [0.3, 0.4) is 0 Å². The van der Waals surface area contributed by atoms with Gasteiger partial charge in [-0.2, -0.15) is 0 Å². The van der Waals surface area contributed by atoms with Crippen LogP contribution in [0.15, 0.2) is 0 Å². The van der Waals surface area contributed by atoms with E-state index >= 15 is 0 Å². The lowest BCUT2D eigenvalue weighted by atomic mass is 10.0. The number of aliphatic hydroxyl groups excluding tert-OH is 1. The third-order valence-electron chi connectivity index (χ3n) is 3.37. The van der Waals surface area contributed by atoms with Gasteiger partial charge < -0.3 is 20.4 Å². The van der Waals surface area contributed by atoms with E-state index in [1.165, 1.54) is 4.90 Å². The van der Waals surface area contributed by atoms with Crippen LogP contribution >= 0.6 is 0 Å². The molecule has 2 amide bonds. The molecule has 1 aliphatic rings. The van der Waals surface area contributed by atoms with Crippen LogP contribution in [0, 0.1) is 5.92 Å². The standard InChI is InChI=1S/C13H24N2O4/c1-8(2)4-5-9(3)14-13(19)15-7-10(16)6-11(15)12(17)18/h8-11,16H,4-7H2,1-3H3,(H,14,19)(H,17,18)/t9?,10-,11-/m1/s1. The summed E-state index contributed by atoms with van der Waals surface area (Å²) >= 11 is 0. The highest BCUT2D eigenvalue weighted by molar-refractivity contribution is 5.83. The van der Waals surface area contributed by atoms with Gasteiger partial charge in [-0.15, -0.1) is 0 Å². The highest BCUT2D eigenvalue weighted by atomic mass is 16.4. The molecule has 1 rings (SSSR count). The maximum Gasteiger partial charge on any atom is 0.326 e. The van der Waals surface area contributed by atoms with Crippen LogP contribution in [0.25, 0.3) is 0 Å². The van der Waals surface area contributed by atoms with E-state index in [2.05, 4.69) is 19.2 Å². The second kappa shape index (κ2) is 6.75. The molecule has 1 fully saturated rings. The molecule has 0 aromatic carbocycles. The quantitative estimate of drug-likeness (QED) is 0.697. The number of hydrogen-bond acceptors (Lipinski definition) is 3. The van der Waals surface area contributed by atoms with Crippen LogP contribution < -0.4 is 5.32 Å². The lowest BCUT2D eigenvalue weighted by Crippen LogP contribution is -2.48. The number of carboxylic acid groups (broad SMARTS) is 1. The molecule has 1 unspecified atom stereocenters. The van der Waals surface area contributed by atoms with Crippen molar-refractivity contribution in [1.82, 2.24) is 10.2 Å². The lowest BCUT2D eigenvalue weighted by Gasteiger charge is -2.24. The molecule has 0 bridgehead atoms. The van der Waals surface area contributed by atoms with Crippen molar-refractivity contribution < 1.29 is 19.8 Å². The molecule has 3 atom stereocenters. The van der Waals surface area contributed by atoms with Crippen LogP contribution in [0.2, 0.25) is 0 Å². The smallest absolute Gasteiger partial charge is 0.326 e. The van der Waals surface area contributed by atoms with E-state index in [0.717, 1.165) is 12.8 Å². The fraction of sp³-hybridized carbons (Fsp3) is 0.846. The molecular formula is C13H24N2O4. The Morgan fingerprint density at radius 2 is 1.95 bits per heavy atom. The van der Waals surface area contributed by atoms with Crippen molar-refractivity contribution in [2.75, 3.05) is 6.54 Å². The maximum absolute atomic E-state index is 12.0. The first kappa shape index (κ1) is 15.8. The van der Waals surface area contributed by atoms with Gasteiger partial charge >= 0.3 is 12.0 Å². The van der Waals surface area contributed by atoms with E-state index in [4.69, 9.17) is 5.11 Å². The first-order chi connectivity index (χ1) is 8.81. The normalized spacial score (nSPS) is 24.6. The van der Waals surface area contributed by atoms with Gasteiger partial charge in [0.2, 0.25) is 0 Å². The molecular weight excluding hydrogens is 248 g/mol. The number of nitrogens with one attached hydrogen (secondary N) is 1. The number of carboxylic acids is 1. The van der Waals surface area contributed by atoms with Crippen LogP contribution in [0.4, 0.5) is 4.79 Å². The molecule has 0 aromatic rings. The number of β-amino-alcohol motifs (C(OH)–C–C–N with tert-alkyl or cyclic N) is 1. The van der Waals surface area contributed by atoms with Gasteiger partial charge in [0.05, 0.1) is 6.10 Å². The van der Waals surface area contributed by atoms with Gasteiger partial charge in [-0.25, -0.2) is 9.59 Å². The minimum absolute atomic E-state index is 0.00193. The average Bonchev–Trinajstić information content (AvgIpc) is 2.69. The number of hydrogen-bond donors (Lipinski definition) is 3. The molecule has 0 radical (unpaired) electrons. The average molecular weight is 272 g/mol. The monoisotopic (exact) mass is 272 g/mol. The molecule has 1 heterocycles. The highest BCUT2D eigenvalue weighted by Gasteiger charge is 2.39. The molecule has 3 N–H and O–H groups in total. The molecule has 0 aromatic heterocycles. The number of aliphatic hydroxyl groups is 1. The Kier molecular flexibility index (Phi) is 5.60. The molecule has 19 heavy (non-hydrogen) atoms. The predicted octanol–water partition coefficient (Wildman–Crippen LogP) is 1.04. The minimum atomic E-state index is -1.07. The molecule has 1 saturated heterocycles. The van der Waals surface area contributed by atoms with Crippen molar-refractivity contribution in [2.45, 2.75) is 58.2 Å². The minimum Gasteiger partial charge on any atom is -0.480 e. The fourth-order valence-electron chi connectivity index (χ4n) is 2.22. The second-order valence-electron chi connectivity index (χ2n) is 5.72. The maximum atomic E-state index is 12.0. The number of aliphatic carboxylic acids is 1. The molecule has 0 spiro atoms. The molecule has 110 valence electrons. The number of carbonyl (C=O) groups is 2. The number of urea groups is 1. The van der Waals surface area contributed by atoms with E-state index < -0.39 is 24.1 Å². The van der Waals surface area contributed by atoms with Crippen molar-refractivity contribution in [1.29, 1.82) is 0 Å². The Morgan fingerprint density at radius 3 is 2.47 bits per heavy atom. The summed E-state index contributed by atoms with van der Waals surface area (Å²) in [5.41, 5.74) is 0. The number of carbonyl (C=O) groups excluding carboxylic acids is 1. The third-order valence-corrected chi connectivity index (χ3v) is 3.37. The third kappa shape index (κ3) is 4.70. The molecule has 0 aliphatic carbocycles. The summed E-state index contributed by atoms with van der Waals surface area (Å²) in [6, 6.07) is -1.32. The van der Waals surface area contributed by atoms with E-state index in [0.29, 0.717) is 5.92 Å². The fourth-order valence-corrected chi connectivity index (χ4v) is 2.22. The number of rotatable bonds is 5. The van der Waals surface area contributed by atoms with E-state index in [9.17, 15) is 14.7 Å². The summed E-state index contributed by atoms with van der Waals surface area (Å²) in [7, 11) is 0. The van der Waals surface area contributed by atoms with Crippen LogP contribution in [0.5, 0.6) is 0 Å². The molecule has 1 aliphatic heterocycles. The van der Waals surface area contributed by atoms with Gasteiger partial charge in [0.1, 0.15) is 6.04 Å².